The van der Waals surface area contributed by atoms with E-state index in [2.05, 4.69) is 128 Å². The second-order valence-electron chi connectivity index (χ2n) is 14.2. The van der Waals surface area contributed by atoms with Gasteiger partial charge in [0, 0.05) is 11.1 Å². The van der Waals surface area contributed by atoms with Crippen LogP contribution < -0.4 is 15.9 Å². The third-order valence-electron chi connectivity index (χ3n) is 8.58. The highest BCUT2D eigenvalue weighted by molar-refractivity contribution is 7.94. The minimum atomic E-state index is -2.07. The summed E-state index contributed by atoms with van der Waals surface area (Å²) < 4.78 is 9.51. The summed E-state index contributed by atoms with van der Waals surface area (Å²) in [5.41, 5.74) is 6.05. The summed E-state index contributed by atoms with van der Waals surface area (Å²) in [6.07, 6.45) is 30.1. The molecule has 3 rings (SSSR count). The molecule has 0 saturated carbocycles. The molecule has 0 N–H and O–H groups in total. The van der Waals surface area contributed by atoms with E-state index in [0.717, 1.165) is 18.1 Å². The number of carbonyl (C=O) groups excluding carboxylic acids is 4. The van der Waals surface area contributed by atoms with E-state index < -0.39 is 6.89 Å². The average Bonchev–Trinajstić information content (AvgIpc) is 3.29. The molecule has 0 saturated heterocycles. The van der Waals surface area contributed by atoms with Gasteiger partial charge in [0.2, 0.25) is 0 Å². The number of benzene rings is 3. The van der Waals surface area contributed by atoms with Gasteiger partial charge in [-0.1, -0.05) is 205 Å². The first-order valence-corrected chi connectivity index (χ1v) is 22.0. The van der Waals surface area contributed by atoms with Crippen molar-refractivity contribution in [3.05, 3.63) is 221 Å². The molecule has 6 nitrogen and oxygen atoms in total. The zero-order valence-electron chi connectivity index (χ0n) is 37.9. The quantitative estimate of drug-likeness (QED) is 0.0469. The first-order chi connectivity index (χ1) is 29.7. The molecule has 324 valence electrons. The molecular weight excluding hydrogens is 788 g/mol. The maximum absolute atomic E-state index is 11.9. The molecule has 62 heavy (non-hydrogen) atoms. The standard InChI is InChI=1S/C24H23O2P.C21H28O2.C10H12O2/c1-20(24(25)26-2)18-19-27(21-12-6-3-7-13-21,22-14-8-4-9-15-22)23-16-10-5-11-17-23;1-17(2)11-9-14-18(3)12-7-8-13-19(4)15-10-16-20(5)21(22)23-6;1-9(7-11)5-3-4-6-10(2)8-12/h3-19H,1-2H3;7-16H,1-6H3;3-8H,1-2H3/b20-18+;8-7+,14-9+,15-10+,18-12+,19-13+,20-16+;4-3+,9-5+,10-6+. The molecule has 0 unspecified atom stereocenters. The van der Waals surface area contributed by atoms with Crippen LogP contribution in [0.5, 0.6) is 0 Å². The fraction of sp³-hybridized carbons (Fsp3) is 0.182. The van der Waals surface area contributed by atoms with Gasteiger partial charge in [-0.2, -0.15) is 0 Å². The summed E-state index contributed by atoms with van der Waals surface area (Å²) in [5, 5.41) is 3.74. The number of esters is 2. The van der Waals surface area contributed by atoms with E-state index in [1.165, 1.54) is 41.3 Å². The van der Waals surface area contributed by atoms with Crippen LogP contribution >= 0.6 is 6.89 Å². The normalized spacial score (nSPS) is 12.9. The van der Waals surface area contributed by atoms with Crippen molar-refractivity contribution < 1.29 is 28.7 Å². The Labute approximate surface area is 371 Å². The van der Waals surface area contributed by atoms with Gasteiger partial charge in [-0.05, 0) is 89.3 Å². The number of rotatable bonds is 16. The zero-order valence-corrected chi connectivity index (χ0v) is 38.8. The Bertz CT molecular complexity index is 2160. The smallest absolute Gasteiger partial charge is 0.333 e. The van der Waals surface area contributed by atoms with E-state index in [1.54, 1.807) is 58.1 Å². The lowest BCUT2D eigenvalue weighted by Crippen LogP contribution is -2.26. The Kier molecular flexibility index (Phi) is 26.9. The minimum absolute atomic E-state index is 0.307. The minimum Gasteiger partial charge on any atom is -0.466 e. The fourth-order valence-corrected chi connectivity index (χ4v) is 8.92. The maximum Gasteiger partial charge on any atom is 0.333 e. The van der Waals surface area contributed by atoms with E-state index >= 15 is 0 Å². The van der Waals surface area contributed by atoms with Crippen LogP contribution in [0.15, 0.2) is 221 Å². The Balaban J connectivity index is 0.000000500. The molecule has 0 aliphatic rings. The molecule has 0 spiro atoms. The summed E-state index contributed by atoms with van der Waals surface area (Å²) in [6, 6.07) is 31.5. The molecule has 0 bridgehead atoms. The van der Waals surface area contributed by atoms with Crippen molar-refractivity contribution in [2.45, 2.75) is 55.4 Å². The molecule has 0 aromatic heterocycles. The van der Waals surface area contributed by atoms with Gasteiger partial charge in [-0.25, -0.2) is 9.59 Å². The number of methoxy groups -OCH3 is 2. The Morgan fingerprint density at radius 1 is 0.419 bits per heavy atom. The SMILES string of the molecule is COC(=O)/C(C)=C/C=C/C(C)=C/C=C/C=C(C)/C=C/C=C(C)C.COC(=O)/C(C)=C/C=P(c1ccccc1)(c1ccccc1)c1ccccc1.C\C(C=O)=C/C=C/C=C(\C)C=O. The lowest BCUT2D eigenvalue weighted by molar-refractivity contribution is -0.136. The third-order valence-corrected chi connectivity index (χ3v) is 12.5. The van der Waals surface area contributed by atoms with Gasteiger partial charge in [0.05, 0.1) is 14.2 Å². The van der Waals surface area contributed by atoms with Crippen LogP contribution in [0.25, 0.3) is 0 Å². The largest absolute Gasteiger partial charge is 0.466 e. The maximum atomic E-state index is 11.9. The van der Waals surface area contributed by atoms with Crippen LogP contribution in [0.3, 0.4) is 0 Å². The van der Waals surface area contributed by atoms with Crippen LogP contribution in [0.1, 0.15) is 55.4 Å². The lowest BCUT2D eigenvalue weighted by atomic mass is 10.2. The molecular formula is C55H63O6P. The van der Waals surface area contributed by atoms with Crippen LogP contribution in [0.2, 0.25) is 0 Å². The highest BCUT2D eigenvalue weighted by Gasteiger charge is 2.24. The van der Waals surface area contributed by atoms with Gasteiger partial charge in [0.1, 0.15) is 12.6 Å². The summed E-state index contributed by atoms with van der Waals surface area (Å²) in [7, 11) is 2.79. The van der Waals surface area contributed by atoms with Crippen LogP contribution in [-0.4, -0.2) is 44.5 Å². The summed E-state index contributed by atoms with van der Waals surface area (Å²) >= 11 is 0. The molecule has 7 heteroatoms. The summed E-state index contributed by atoms with van der Waals surface area (Å²) in [5.74, 6) is 1.59. The summed E-state index contributed by atoms with van der Waals surface area (Å²) in [6.45, 7) is 13.1. The molecule has 0 fully saturated rings. The average molecular weight is 851 g/mol. The Hall–Kier alpha value is -6.62. The number of aldehydes is 2. The van der Waals surface area contributed by atoms with Gasteiger partial charge in [0.25, 0.3) is 0 Å². The number of carbonyl (C=O) groups is 4. The van der Waals surface area contributed by atoms with Gasteiger partial charge < -0.3 is 9.47 Å². The van der Waals surface area contributed by atoms with Crippen LogP contribution in [-0.2, 0) is 28.7 Å². The first kappa shape index (κ1) is 53.4. The highest BCUT2D eigenvalue weighted by atomic mass is 31.2. The van der Waals surface area contributed by atoms with Gasteiger partial charge in [-0.3, -0.25) is 9.59 Å². The van der Waals surface area contributed by atoms with Crippen LogP contribution in [0.4, 0.5) is 0 Å². The number of hydrogen-bond donors (Lipinski definition) is 0. The molecule has 0 radical (unpaired) electrons. The molecule has 0 aliphatic heterocycles. The predicted octanol–water partition coefficient (Wildman–Crippen LogP) is 11.4. The van der Waals surface area contributed by atoms with Crippen molar-refractivity contribution in [3.8, 4) is 0 Å². The number of allylic oxidation sites excluding steroid dienone is 20. The van der Waals surface area contributed by atoms with Gasteiger partial charge >= 0.3 is 11.9 Å². The van der Waals surface area contributed by atoms with Crippen molar-refractivity contribution >= 4 is 53.1 Å². The van der Waals surface area contributed by atoms with Crippen molar-refractivity contribution in [3.63, 3.8) is 0 Å². The fourth-order valence-electron chi connectivity index (χ4n) is 5.13. The Morgan fingerprint density at radius 3 is 1.06 bits per heavy atom. The molecule has 3 aromatic carbocycles. The van der Waals surface area contributed by atoms with Crippen molar-refractivity contribution in [1.82, 2.24) is 0 Å². The second-order valence-corrected chi connectivity index (χ2v) is 17.5. The topological polar surface area (TPSA) is 86.7 Å². The van der Waals surface area contributed by atoms with E-state index in [9.17, 15) is 19.2 Å². The first-order valence-electron chi connectivity index (χ1n) is 20.1. The molecule has 0 aliphatic carbocycles. The van der Waals surface area contributed by atoms with E-state index in [4.69, 9.17) is 4.74 Å². The molecule has 0 atom stereocenters. The third kappa shape index (κ3) is 21.1. The summed E-state index contributed by atoms with van der Waals surface area (Å²) in [4.78, 5) is 43.4. The van der Waals surface area contributed by atoms with Crippen LogP contribution in [0, 0.1) is 0 Å². The Morgan fingerprint density at radius 2 is 0.742 bits per heavy atom. The van der Waals surface area contributed by atoms with Crippen molar-refractivity contribution in [2.24, 2.45) is 0 Å². The van der Waals surface area contributed by atoms with E-state index in [1.807, 2.05) is 61.6 Å². The molecule has 0 heterocycles. The van der Waals surface area contributed by atoms with E-state index in [0.29, 0.717) is 22.3 Å². The lowest BCUT2D eigenvalue weighted by Gasteiger charge is -2.28. The predicted molar refractivity (Wildman–Crippen MR) is 266 cm³/mol. The highest BCUT2D eigenvalue weighted by Crippen LogP contribution is 2.43. The number of hydrogen-bond acceptors (Lipinski definition) is 6. The monoisotopic (exact) mass is 850 g/mol. The zero-order chi connectivity index (χ0) is 46.2. The second kappa shape index (κ2) is 31.3. The van der Waals surface area contributed by atoms with Crippen molar-refractivity contribution in [1.29, 1.82) is 0 Å². The van der Waals surface area contributed by atoms with Crippen molar-refractivity contribution in [2.75, 3.05) is 14.2 Å². The molecule has 0 amide bonds. The number of ether oxygens (including phenoxy) is 2. The molecule has 3 aromatic rings. The van der Waals surface area contributed by atoms with Gasteiger partial charge in [-0.15, -0.1) is 0 Å². The van der Waals surface area contributed by atoms with Gasteiger partial charge in [0.15, 0.2) is 0 Å². The van der Waals surface area contributed by atoms with E-state index in [-0.39, 0.29) is 11.9 Å².